The van der Waals surface area contributed by atoms with Gasteiger partial charge in [0.15, 0.2) is 6.61 Å². The minimum atomic E-state index is -0.409. The lowest BCUT2D eigenvalue weighted by Crippen LogP contribution is -2.36. The third kappa shape index (κ3) is 4.26. The van der Waals surface area contributed by atoms with Gasteiger partial charge in [-0.1, -0.05) is 0 Å². The lowest BCUT2D eigenvalue weighted by Gasteiger charge is -2.30. The smallest absolute Gasteiger partial charge is 0.264 e. The summed E-state index contributed by atoms with van der Waals surface area (Å²) in [7, 11) is 0. The molecule has 1 N–H and O–H groups in total. The number of ether oxygens (including phenoxy) is 3. The molecule has 2 fully saturated rings. The zero-order valence-corrected chi connectivity index (χ0v) is 18.6. The number of nitrogens with zero attached hydrogens (tertiary/aromatic N) is 2. The van der Waals surface area contributed by atoms with Crippen molar-refractivity contribution >= 4 is 11.8 Å². The number of hydrogen-bond donors (Lipinski definition) is 1. The van der Waals surface area contributed by atoms with Gasteiger partial charge >= 0.3 is 0 Å². The van der Waals surface area contributed by atoms with Crippen LogP contribution in [0.1, 0.15) is 62.0 Å². The van der Waals surface area contributed by atoms with Gasteiger partial charge in [-0.05, 0) is 63.0 Å². The molecule has 0 radical (unpaired) electrons. The molecule has 2 bridgehead atoms. The van der Waals surface area contributed by atoms with Gasteiger partial charge in [-0.15, -0.1) is 0 Å². The van der Waals surface area contributed by atoms with Gasteiger partial charge < -0.3 is 24.4 Å². The van der Waals surface area contributed by atoms with Crippen LogP contribution >= 0.6 is 0 Å². The normalized spacial score (nSPS) is 28.3. The standard InChI is InChI=1S/C24H31N3O5/c1-15-8-10-25-24-22(15)16-4-6-17(7-5-16)31-13-19-18(9-11-27(19)21(28)14-32-24)26-23(29)20-3-2-12-30-20/h8,10,16-17,20H,2-7,9,11-14H2,1H3,(H,26,29)/t16?,17?,20-/m0/s1. The van der Waals surface area contributed by atoms with Gasteiger partial charge in [-0.2, -0.15) is 0 Å². The topological polar surface area (TPSA) is 90.0 Å². The first-order valence-corrected chi connectivity index (χ1v) is 11.7. The number of pyridine rings is 1. The van der Waals surface area contributed by atoms with Crippen molar-refractivity contribution in [2.45, 2.75) is 70.0 Å². The lowest BCUT2D eigenvalue weighted by atomic mass is 9.81. The SMILES string of the molecule is Cc1ccnc2c1C1CCC(CC1)OCC1=C(NC(=O)[C@@H]3CCCO3)CCN1C(=O)CO2. The maximum Gasteiger partial charge on any atom is 0.264 e. The van der Waals surface area contributed by atoms with Crippen LogP contribution in [0.2, 0.25) is 0 Å². The zero-order chi connectivity index (χ0) is 22.1. The maximum absolute atomic E-state index is 13.1. The Morgan fingerprint density at radius 1 is 1.16 bits per heavy atom. The van der Waals surface area contributed by atoms with Crippen molar-refractivity contribution in [3.8, 4) is 5.88 Å². The molecule has 1 aliphatic carbocycles. The van der Waals surface area contributed by atoms with Gasteiger partial charge in [-0.3, -0.25) is 9.59 Å². The molecule has 5 heterocycles. The second-order valence-electron chi connectivity index (χ2n) is 9.13. The number of carbonyl (C=O) groups is 2. The summed E-state index contributed by atoms with van der Waals surface area (Å²) in [4.78, 5) is 31.9. The van der Waals surface area contributed by atoms with Crippen LogP contribution in [0.3, 0.4) is 0 Å². The quantitative estimate of drug-likeness (QED) is 0.759. The predicted octanol–water partition coefficient (Wildman–Crippen LogP) is 2.56. The van der Waals surface area contributed by atoms with Crippen LogP contribution < -0.4 is 10.1 Å². The van der Waals surface area contributed by atoms with Crippen LogP contribution in [-0.4, -0.2) is 60.3 Å². The average Bonchev–Trinajstić information content (AvgIpc) is 3.47. The van der Waals surface area contributed by atoms with Crippen molar-refractivity contribution in [1.29, 1.82) is 0 Å². The first kappa shape index (κ1) is 21.4. The predicted molar refractivity (Wildman–Crippen MR) is 116 cm³/mol. The lowest BCUT2D eigenvalue weighted by molar-refractivity contribution is -0.132. The van der Waals surface area contributed by atoms with E-state index in [4.69, 9.17) is 14.2 Å². The van der Waals surface area contributed by atoms with Crippen molar-refractivity contribution in [2.75, 3.05) is 26.4 Å². The van der Waals surface area contributed by atoms with Crippen molar-refractivity contribution in [2.24, 2.45) is 0 Å². The molecule has 6 rings (SSSR count). The second-order valence-corrected chi connectivity index (χ2v) is 9.13. The first-order chi connectivity index (χ1) is 15.6. The van der Waals surface area contributed by atoms with Gasteiger partial charge in [0.05, 0.1) is 18.4 Å². The van der Waals surface area contributed by atoms with E-state index in [0.29, 0.717) is 38.0 Å². The molecule has 0 unspecified atom stereocenters. The van der Waals surface area contributed by atoms with E-state index in [1.807, 2.05) is 6.07 Å². The second kappa shape index (κ2) is 9.19. The van der Waals surface area contributed by atoms with Crippen LogP contribution in [0.4, 0.5) is 0 Å². The summed E-state index contributed by atoms with van der Waals surface area (Å²) in [6.07, 6.45) is 7.62. The molecule has 1 aromatic heterocycles. The van der Waals surface area contributed by atoms with Crippen molar-refractivity contribution in [3.63, 3.8) is 0 Å². The van der Waals surface area contributed by atoms with Gasteiger partial charge in [0.25, 0.3) is 11.8 Å². The molecule has 5 aliphatic rings. The molecule has 2 amide bonds. The van der Waals surface area contributed by atoms with Crippen molar-refractivity contribution in [3.05, 3.63) is 34.8 Å². The van der Waals surface area contributed by atoms with Gasteiger partial charge in [0.2, 0.25) is 5.88 Å². The van der Waals surface area contributed by atoms with Gasteiger partial charge in [-0.25, -0.2) is 4.98 Å². The van der Waals surface area contributed by atoms with E-state index in [1.54, 1.807) is 11.1 Å². The van der Waals surface area contributed by atoms with Gasteiger partial charge in [0.1, 0.15) is 6.10 Å². The highest BCUT2D eigenvalue weighted by molar-refractivity contribution is 5.84. The largest absolute Gasteiger partial charge is 0.467 e. The molecule has 32 heavy (non-hydrogen) atoms. The number of fused-ring (bicyclic) bond motifs is 5. The average molecular weight is 442 g/mol. The fourth-order valence-electron chi connectivity index (χ4n) is 5.33. The number of aryl methyl sites for hydroxylation is 1. The molecule has 4 aliphatic heterocycles. The summed E-state index contributed by atoms with van der Waals surface area (Å²) in [5, 5.41) is 3.02. The van der Waals surface area contributed by atoms with E-state index in [9.17, 15) is 9.59 Å². The summed E-state index contributed by atoms with van der Waals surface area (Å²) < 4.78 is 17.8. The van der Waals surface area contributed by atoms with E-state index in [-0.39, 0.29) is 24.5 Å². The monoisotopic (exact) mass is 441 g/mol. The summed E-state index contributed by atoms with van der Waals surface area (Å²) in [6, 6.07) is 2.01. The Morgan fingerprint density at radius 2 is 2.00 bits per heavy atom. The highest BCUT2D eigenvalue weighted by Gasteiger charge is 2.34. The highest BCUT2D eigenvalue weighted by atomic mass is 16.5. The molecule has 1 saturated carbocycles. The van der Waals surface area contributed by atoms with E-state index in [2.05, 4.69) is 17.2 Å². The minimum absolute atomic E-state index is 0.0872. The Labute approximate surface area is 188 Å². The van der Waals surface area contributed by atoms with Crippen molar-refractivity contribution in [1.82, 2.24) is 15.2 Å². The molecular weight excluding hydrogens is 410 g/mol. The maximum atomic E-state index is 13.1. The molecule has 1 saturated heterocycles. The van der Waals surface area contributed by atoms with Gasteiger partial charge in [0, 0.05) is 37.0 Å². The third-order valence-corrected chi connectivity index (χ3v) is 7.10. The van der Waals surface area contributed by atoms with Crippen LogP contribution in [0.5, 0.6) is 5.88 Å². The first-order valence-electron chi connectivity index (χ1n) is 11.7. The molecule has 172 valence electrons. The number of aromatic nitrogens is 1. The summed E-state index contributed by atoms with van der Waals surface area (Å²) in [5.74, 6) is 0.659. The Bertz CT molecular complexity index is 916. The zero-order valence-electron chi connectivity index (χ0n) is 18.6. The number of nitrogens with one attached hydrogen (secondary N) is 1. The number of hydrogen-bond acceptors (Lipinski definition) is 6. The fourth-order valence-corrected chi connectivity index (χ4v) is 5.33. The molecule has 0 spiro atoms. The molecular formula is C24H31N3O5. The molecule has 0 aromatic carbocycles. The number of rotatable bonds is 2. The number of amides is 2. The van der Waals surface area contributed by atoms with E-state index in [1.165, 1.54) is 0 Å². The van der Waals surface area contributed by atoms with Crippen molar-refractivity contribution < 1.29 is 23.8 Å². The number of carbonyl (C=O) groups excluding carboxylic acids is 2. The molecule has 1 aromatic rings. The Kier molecular flexibility index (Phi) is 6.15. The fraction of sp³-hybridized carbons (Fsp3) is 0.625. The summed E-state index contributed by atoms with van der Waals surface area (Å²) >= 11 is 0. The minimum Gasteiger partial charge on any atom is -0.467 e. The molecule has 8 nitrogen and oxygen atoms in total. The summed E-state index contributed by atoms with van der Waals surface area (Å²) in [6.45, 7) is 3.43. The summed E-state index contributed by atoms with van der Waals surface area (Å²) in [5.41, 5.74) is 3.78. The van der Waals surface area contributed by atoms with E-state index in [0.717, 1.165) is 61.0 Å². The Morgan fingerprint density at radius 3 is 2.78 bits per heavy atom. The van der Waals surface area contributed by atoms with Crippen LogP contribution in [0, 0.1) is 6.92 Å². The Balaban J connectivity index is 1.40. The van der Waals surface area contributed by atoms with Crippen LogP contribution in [0.15, 0.2) is 23.7 Å². The highest BCUT2D eigenvalue weighted by Crippen LogP contribution is 2.40. The third-order valence-electron chi connectivity index (χ3n) is 7.10. The van der Waals surface area contributed by atoms with Crippen LogP contribution in [0.25, 0.3) is 0 Å². The van der Waals surface area contributed by atoms with E-state index < -0.39 is 6.10 Å². The Hall–Kier alpha value is -2.45. The molecule has 8 heteroatoms. The van der Waals surface area contributed by atoms with Crippen LogP contribution in [-0.2, 0) is 19.1 Å². The molecule has 1 atom stereocenters. The van der Waals surface area contributed by atoms with E-state index >= 15 is 0 Å².